The lowest BCUT2D eigenvalue weighted by atomic mass is 10.0. The van der Waals surface area contributed by atoms with E-state index < -0.39 is 0 Å². The van der Waals surface area contributed by atoms with Crippen molar-refractivity contribution in [2.75, 3.05) is 0 Å². The molecule has 4 rings (SSSR count). The molecule has 0 aliphatic heterocycles. The molecule has 0 spiro atoms. The van der Waals surface area contributed by atoms with Crippen molar-refractivity contribution in [3.8, 4) is 12.1 Å². The standard InChI is InChI=1S/C22H22N8/c23-7-1-9-29-17-27(15-25-29)13-19-3-5-22-12-20(4-6-21(22)11-19)14-28-16-26-30(18-28)10-2-8-24/h3-6,11-12,15-18H,1-2,9-10,13-14H2/q+2. The molecule has 2 heterocycles. The number of rotatable bonds is 8. The number of hydrogen-bond acceptors (Lipinski definition) is 4. The van der Waals surface area contributed by atoms with Crippen LogP contribution in [0.4, 0.5) is 0 Å². The van der Waals surface area contributed by atoms with Crippen LogP contribution in [-0.2, 0) is 26.2 Å². The fourth-order valence-electron chi connectivity index (χ4n) is 3.41. The van der Waals surface area contributed by atoms with Crippen LogP contribution in [0.15, 0.2) is 61.7 Å². The second-order valence-electron chi connectivity index (χ2n) is 7.20. The summed E-state index contributed by atoms with van der Waals surface area (Å²) in [4.78, 5) is 0. The Hall–Kier alpha value is -4.04. The van der Waals surface area contributed by atoms with Crippen LogP contribution in [0.5, 0.6) is 0 Å². The van der Waals surface area contributed by atoms with Crippen LogP contribution in [0.25, 0.3) is 10.8 Å². The van der Waals surface area contributed by atoms with Gasteiger partial charge in [0.05, 0.1) is 38.1 Å². The van der Waals surface area contributed by atoms with Crippen LogP contribution < -0.4 is 9.13 Å². The SMILES string of the molecule is N#CCCn1c[n+](Cc2ccc3cc(C[n+]4cnn(CCC#N)c4)ccc3c2)cn1. The van der Waals surface area contributed by atoms with Crippen molar-refractivity contribution in [3.63, 3.8) is 0 Å². The highest BCUT2D eigenvalue weighted by Gasteiger charge is 2.09. The van der Waals surface area contributed by atoms with Crippen LogP contribution in [0.2, 0.25) is 0 Å². The van der Waals surface area contributed by atoms with E-state index in [9.17, 15) is 0 Å². The summed E-state index contributed by atoms with van der Waals surface area (Å²) in [5.74, 6) is 0. The van der Waals surface area contributed by atoms with Crippen molar-refractivity contribution in [2.45, 2.75) is 39.0 Å². The van der Waals surface area contributed by atoms with E-state index in [2.05, 4.69) is 58.7 Å². The highest BCUT2D eigenvalue weighted by atomic mass is 15.4. The topological polar surface area (TPSA) is 91.0 Å². The summed E-state index contributed by atoms with van der Waals surface area (Å²) < 4.78 is 7.62. The Balaban J connectivity index is 1.44. The molecular weight excluding hydrogens is 376 g/mol. The van der Waals surface area contributed by atoms with Gasteiger partial charge >= 0.3 is 0 Å². The fraction of sp³-hybridized carbons (Fsp3) is 0.273. The first-order chi connectivity index (χ1) is 14.7. The minimum Gasteiger partial charge on any atom is -0.233 e. The zero-order valence-electron chi connectivity index (χ0n) is 16.6. The number of hydrogen-bond donors (Lipinski definition) is 0. The van der Waals surface area contributed by atoms with Crippen molar-refractivity contribution in [2.24, 2.45) is 0 Å². The van der Waals surface area contributed by atoms with Gasteiger partial charge in [0, 0.05) is 10.2 Å². The first-order valence-electron chi connectivity index (χ1n) is 9.82. The van der Waals surface area contributed by atoms with Crippen molar-refractivity contribution < 1.29 is 9.13 Å². The predicted molar refractivity (Wildman–Crippen MR) is 107 cm³/mol. The lowest BCUT2D eigenvalue weighted by Gasteiger charge is -2.05. The van der Waals surface area contributed by atoms with Crippen LogP contribution in [0.1, 0.15) is 24.0 Å². The number of fused-ring (bicyclic) bond motifs is 1. The highest BCUT2D eigenvalue weighted by Crippen LogP contribution is 2.18. The van der Waals surface area contributed by atoms with Crippen molar-refractivity contribution in [3.05, 3.63) is 72.8 Å². The molecule has 2 aromatic carbocycles. The van der Waals surface area contributed by atoms with Gasteiger partial charge < -0.3 is 0 Å². The maximum Gasteiger partial charge on any atom is 0.265 e. The smallest absolute Gasteiger partial charge is 0.233 e. The summed E-state index contributed by atoms with van der Waals surface area (Å²) in [7, 11) is 0. The molecule has 2 aromatic heterocycles. The Labute approximate surface area is 174 Å². The van der Waals surface area contributed by atoms with E-state index in [1.54, 1.807) is 22.0 Å². The summed E-state index contributed by atoms with van der Waals surface area (Å²) in [5.41, 5.74) is 2.40. The first-order valence-corrected chi connectivity index (χ1v) is 9.82. The molecule has 0 amide bonds. The van der Waals surface area contributed by atoms with E-state index in [0.29, 0.717) is 25.9 Å². The molecule has 0 aliphatic rings. The van der Waals surface area contributed by atoms with Gasteiger partial charge in [0.15, 0.2) is 0 Å². The number of nitriles is 2. The van der Waals surface area contributed by atoms with Crippen molar-refractivity contribution in [1.82, 2.24) is 19.6 Å². The Morgan fingerprint density at radius 2 is 1.20 bits per heavy atom. The monoisotopic (exact) mass is 398 g/mol. The summed E-state index contributed by atoms with van der Waals surface area (Å²) in [6.07, 6.45) is 8.35. The Morgan fingerprint density at radius 1 is 0.733 bits per heavy atom. The van der Waals surface area contributed by atoms with Gasteiger partial charge in [-0.2, -0.15) is 10.5 Å². The van der Waals surface area contributed by atoms with Crippen molar-refractivity contribution in [1.29, 1.82) is 10.5 Å². The average molecular weight is 398 g/mol. The predicted octanol–water partition coefficient (Wildman–Crippen LogP) is 1.73. The lowest BCUT2D eigenvalue weighted by Crippen LogP contribution is -2.31. The maximum atomic E-state index is 8.69. The molecule has 4 aromatic rings. The minimum atomic E-state index is 0.457. The summed E-state index contributed by atoms with van der Waals surface area (Å²) >= 11 is 0. The minimum absolute atomic E-state index is 0.457. The summed E-state index contributed by atoms with van der Waals surface area (Å²) in [5, 5.41) is 28.3. The zero-order valence-corrected chi connectivity index (χ0v) is 16.6. The van der Waals surface area contributed by atoms with E-state index in [-0.39, 0.29) is 0 Å². The third kappa shape index (κ3) is 4.68. The highest BCUT2D eigenvalue weighted by molar-refractivity contribution is 5.83. The molecule has 0 N–H and O–H groups in total. The molecule has 30 heavy (non-hydrogen) atoms. The first kappa shape index (κ1) is 19.3. The molecule has 0 radical (unpaired) electrons. The maximum absolute atomic E-state index is 8.69. The third-order valence-corrected chi connectivity index (χ3v) is 4.86. The molecule has 0 saturated carbocycles. The van der Waals surface area contributed by atoms with Gasteiger partial charge in [-0.05, 0) is 34.0 Å². The molecule has 0 atom stereocenters. The number of nitrogens with zero attached hydrogens (tertiary/aromatic N) is 8. The normalized spacial score (nSPS) is 10.7. The molecule has 0 unspecified atom stereocenters. The molecule has 148 valence electrons. The lowest BCUT2D eigenvalue weighted by molar-refractivity contribution is -0.689. The summed E-state index contributed by atoms with van der Waals surface area (Å²) in [6.45, 7) is 2.70. The van der Waals surface area contributed by atoms with Crippen LogP contribution >= 0.6 is 0 Å². The summed E-state index contributed by atoms with van der Waals surface area (Å²) in [6, 6.07) is 17.2. The van der Waals surface area contributed by atoms with Crippen molar-refractivity contribution >= 4 is 10.8 Å². The second-order valence-corrected chi connectivity index (χ2v) is 7.20. The Bertz CT molecular complexity index is 1140. The van der Waals surface area contributed by atoms with E-state index in [1.807, 2.05) is 21.8 Å². The zero-order chi connectivity index (χ0) is 20.8. The number of aromatic nitrogens is 6. The van der Waals surface area contributed by atoms with Gasteiger partial charge in [0.2, 0.25) is 12.7 Å². The molecule has 8 heteroatoms. The Kier molecular flexibility index (Phi) is 5.77. The van der Waals surface area contributed by atoms with E-state index >= 15 is 0 Å². The van der Waals surface area contributed by atoms with Gasteiger partial charge in [-0.3, -0.25) is 0 Å². The largest absolute Gasteiger partial charge is 0.265 e. The van der Waals surface area contributed by atoms with Gasteiger partial charge in [-0.1, -0.05) is 24.3 Å². The van der Waals surface area contributed by atoms with Crippen LogP contribution in [-0.4, -0.2) is 19.6 Å². The van der Waals surface area contributed by atoms with Gasteiger partial charge in [-0.15, -0.1) is 9.36 Å². The van der Waals surface area contributed by atoms with E-state index in [4.69, 9.17) is 10.5 Å². The molecule has 8 nitrogen and oxygen atoms in total. The van der Waals surface area contributed by atoms with Gasteiger partial charge in [0.25, 0.3) is 12.7 Å². The third-order valence-electron chi connectivity index (χ3n) is 4.86. The molecule has 0 fully saturated rings. The van der Waals surface area contributed by atoms with E-state index in [0.717, 1.165) is 13.1 Å². The van der Waals surface area contributed by atoms with Gasteiger partial charge in [-0.25, -0.2) is 9.13 Å². The molecular formula is C22H22N8+2. The quantitative estimate of drug-likeness (QED) is 0.423. The molecule has 0 bridgehead atoms. The average Bonchev–Trinajstić information content (AvgIpc) is 3.40. The second kappa shape index (κ2) is 8.97. The van der Waals surface area contributed by atoms with Crippen LogP contribution in [0, 0.1) is 22.7 Å². The molecule has 0 saturated heterocycles. The van der Waals surface area contributed by atoms with Crippen LogP contribution in [0.3, 0.4) is 0 Å². The number of benzene rings is 2. The van der Waals surface area contributed by atoms with E-state index in [1.165, 1.54) is 21.9 Å². The fourth-order valence-corrected chi connectivity index (χ4v) is 3.41. The Morgan fingerprint density at radius 3 is 1.63 bits per heavy atom. The molecule has 0 aliphatic carbocycles. The van der Waals surface area contributed by atoms with Gasteiger partial charge in [0.1, 0.15) is 13.1 Å². The number of aryl methyl sites for hydroxylation is 2.